The van der Waals surface area contributed by atoms with Crippen molar-refractivity contribution in [1.82, 2.24) is 5.32 Å². The molecule has 23 heavy (non-hydrogen) atoms. The Balaban J connectivity index is 3.04. The summed E-state index contributed by atoms with van der Waals surface area (Å²) in [5.74, 6) is 0.238. The first-order valence-corrected chi connectivity index (χ1v) is 10.6. The fourth-order valence-electron chi connectivity index (χ4n) is 2.97. The van der Waals surface area contributed by atoms with E-state index < -0.39 is 0 Å². The number of carbonyl (C=O) groups excluding carboxylic acids is 1. The summed E-state index contributed by atoms with van der Waals surface area (Å²) in [6.45, 7) is 5.28. The summed E-state index contributed by atoms with van der Waals surface area (Å²) >= 11 is 0. The molecule has 0 heterocycles. The Morgan fingerprint density at radius 2 is 0.957 bits per heavy atom. The Bertz CT molecular complexity index is 240. The first-order valence-electron chi connectivity index (χ1n) is 10.6. The summed E-state index contributed by atoms with van der Waals surface area (Å²) < 4.78 is 0. The van der Waals surface area contributed by atoms with Gasteiger partial charge in [-0.1, -0.05) is 104 Å². The van der Waals surface area contributed by atoms with Gasteiger partial charge in [0.25, 0.3) is 0 Å². The highest BCUT2D eigenvalue weighted by Gasteiger charge is 1.99. The van der Waals surface area contributed by atoms with Crippen LogP contribution in [0, 0.1) is 0 Å². The topological polar surface area (TPSA) is 29.1 Å². The zero-order valence-electron chi connectivity index (χ0n) is 16.1. The van der Waals surface area contributed by atoms with E-state index in [4.69, 9.17) is 0 Å². The molecule has 0 saturated heterocycles. The molecule has 0 saturated carbocycles. The predicted molar refractivity (Wildman–Crippen MR) is 103 cm³/mol. The minimum absolute atomic E-state index is 0.238. The number of unbranched alkanes of at least 4 members (excludes halogenated alkanes) is 14. The van der Waals surface area contributed by atoms with Crippen LogP contribution >= 0.6 is 0 Å². The van der Waals surface area contributed by atoms with E-state index in [0.717, 1.165) is 25.8 Å². The molecule has 0 fully saturated rings. The molecule has 0 aromatic carbocycles. The second kappa shape index (κ2) is 19.5. The second-order valence-electron chi connectivity index (χ2n) is 7.05. The van der Waals surface area contributed by atoms with Crippen LogP contribution in [0.2, 0.25) is 0 Å². The number of nitrogens with one attached hydrogen (secondary N) is 1. The van der Waals surface area contributed by atoms with Gasteiger partial charge in [0, 0.05) is 13.0 Å². The van der Waals surface area contributed by atoms with Gasteiger partial charge < -0.3 is 5.32 Å². The molecular weight excluding hydrogens is 282 g/mol. The molecule has 1 amide bonds. The largest absolute Gasteiger partial charge is 0.356 e. The van der Waals surface area contributed by atoms with E-state index >= 15 is 0 Å². The first-order chi connectivity index (χ1) is 11.3. The van der Waals surface area contributed by atoms with E-state index in [-0.39, 0.29) is 5.91 Å². The van der Waals surface area contributed by atoms with Gasteiger partial charge in [0.2, 0.25) is 5.91 Å². The van der Waals surface area contributed by atoms with Gasteiger partial charge in [-0.05, 0) is 12.8 Å². The minimum atomic E-state index is 0.238. The standard InChI is InChI=1S/C21H43NO/c1-3-5-7-8-9-10-11-12-13-14-15-16-17-18-20-22-21(23)19-6-4-2/h3-20H2,1-2H3,(H,22,23). The van der Waals surface area contributed by atoms with Crippen molar-refractivity contribution in [2.45, 2.75) is 123 Å². The molecule has 2 heteroatoms. The second-order valence-corrected chi connectivity index (χ2v) is 7.05. The van der Waals surface area contributed by atoms with Gasteiger partial charge in [-0.2, -0.15) is 0 Å². The lowest BCUT2D eigenvalue weighted by atomic mass is 10.0. The highest BCUT2D eigenvalue weighted by Crippen LogP contribution is 2.12. The van der Waals surface area contributed by atoms with Gasteiger partial charge in [-0.25, -0.2) is 0 Å². The SMILES string of the molecule is CCCCCCCCCCCCCCCCNC(=O)CCCC. The maximum Gasteiger partial charge on any atom is 0.219 e. The number of carbonyl (C=O) groups is 1. The fraction of sp³-hybridized carbons (Fsp3) is 0.952. The number of hydrogen-bond donors (Lipinski definition) is 1. The Labute approximate surface area is 146 Å². The third-order valence-electron chi connectivity index (χ3n) is 4.61. The fourth-order valence-corrected chi connectivity index (χ4v) is 2.97. The van der Waals surface area contributed by atoms with E-state index in [1.165, 1.54) is 83.5 Å². The van der Waals surface area contributed by atoms with Crippen molar-refractivity contribution in [3.05, 3.63) is 0 Å². The van der Waals surface area contributed by atoms with Crippen LogP contribution in [0.15, 0.2) is 0 Å². The van der Waals surface area contributed by atoms with Crippen molar-refractivity contribution in [3.8, 4) is 0 Å². The van der Waals surface area contributed by atoms with Gasteiger partial charge >= 0.3 is 0 Å². The Morgan fingerprint density at radius 1 is 0.565 bits per heavy atom. The van der Waals surface area contributed by atoms with Crippen LogP contribution in [0.5, 0.6) is 0 Å². The average Bonchev–Trinajstić information content (AvgIpc) is 2.56. The van der Waals surface area contributed by atoms with Crippen LogP contribution in [0.25, 0.3) is 0 Å². The van der Waals surface area contributed by atoms with Gasteiger partial charge in [-0.15, -0.1) is 0 Å². The molecular formula is C21H43NO. The highest BCUT2D eigenvalue weighted by atomic mass is 16.1. The molecule has 0 spiro atoms. The average molecular weight is 326 g/mol. The van der Waals surface area contributed by atoms with Crippen molar-refractivity contribution < 1.29 is 4.79 Å². The number of hydrogen-bond acceptors (Lipinski definition) is 1. The normalized spacial score (nSPS) is 10.9. The van der Waals surface area contributed by atoms with Gasteiger partial charge in [0.15, 0.2) is 0 Å². The van der Waals surface area contributed by atoms with Gasteiger partial charge in [0.05, 0.1) is 0 Å². The number of rotatable bonds is 18. The lowest BCUT2D eigenvalue weighted by molar-refractivity contribution is -0.121. The zero-order chi connectivity index (χ0) is 17.0. The summed E-state index contributed by atoms with van der Waals surface area (Å²) in [5.41, 5.74) is 0. The molecule has 2 nitrogen and oxygen atoms in total. The van der Waals surface area contributed by atoms with Gasteiger partial charge in [-0.3, -0.25) is 4.79 Å². The van der Waals surface area contributed by atoms with E-state index in [2.05, 4.69) is 19.2 Å². The lowest BCUT2D eigenvalue weighted by Crippen LogP contribution is -2.23. The Hall–Kier alpha value is -0.530. The molecule has 0 aromatic heterocycles. The van der Waals surface area contributed by atoms with E-state index in [1.54, 1.807) is 0 Å². The zero-order valence-corrected chi connectivity index (χ0v) is 16.1. The van der Waals surface area contributed by atoms with E-state index in [1.807, 2.05) is 0 Å². The Morgan fingerprint density at radius 3 is 1.39 bits per heavy atom. The van der Waals surface area contributed by atoms with Gasteiger partial charge in [0.1, 0.15) is 0 Å². The maximum absolute atomic E-state index is 11.4. The van der Waals surface area contributed by atoms with Crippen molar-refractivity contribution in [2.75, 3.05) is 6.54 Å². The third-order valence-corrected chi connectivity index (χ3v) is 4.61. The lowest BCUT2D eigenvalue weighted by Gasteiger charge is -2.05. The molecule has 1 N–H and O–H groups in total. The molecule has 0 aromatic rings. The van der Waals surface area contributed by atoms with Crippen molar-refractivity contribution in [2.24, 2.45) is 0 Å². The smallest absolute Gasteiger partial charge is 0.219 e. The molecule has 0 aliphatic heterocycles. The third kappa shape index (κ3) is 19.4. The van der Waals surface area contributed by atoms with Crippen molar-refractivity contribution in [3.63, 3.8) is 0 Å². The predicted octanol–water partition coefficient (Wildman–Crippen LogP) is 6.77. The summed E-state index contributed by atoms with van der Waals surface area (Å²) in [5, 5.41) is 3.02. The highest BCUT2D eigenvalue weighted by molar-refractivity contribution is 5.75. The molecule has 138 valence electrons. The summed E-state index contributed by atoms with van der Waals surface area (Å²) in [6, 6.07) is 0. The van der Waals surface area contributed by atoms with Crippen molar-refractivity contribution in [1.29, 1.82) is 0 Å². The monoisotopic (exact) mass is 325 g/mol. The molecule has 0 rings (SSSR count). The molecule has 0 radical (unpaired) electrons. The minimum Gasteiger partial charge on any atom is -0.356 e. The quantitative estimate of drug-likeness (QED) is 0.277. The van der Waals surface area contributed by atoms with E-state index in [0.29, 0.717) is 6.42 Å². The molecule has 0 aliphatic rings. The van der Waals surface area contributed by atoms with Crippen LogP contribution in [-0.2, 0) is 4.79 Å². The van der Waals surface area contributed by atoms with Crippen LogP contribution in [-0.4, -0.2) is 12.5 Å². The van der Waals surface area contributed by atoms with Crippen LogP contribution in [0.3, 0.4) is 0 Å². The summed E-state index contributed by atoms with van der Waals surface area (Å²) in [7, 11) is 0. The summed E-state index contributed by atoms with van der Waals surface area (Å²) in [4.78, 5) is 11.4. The first kappa shape index (κ1) is 22.5. The Kier molecular flexibility index (Phi) is 19.1. The molecule has 0 aliphatic carbocycles. The molecule has 0 bridgehead atoms. The number of amides is 1. The molecule has 0 unspecified atom stereocenters. The molecule has 0 atom stereocenters. The summed E-state index contributed by atoms with van der Waals surface area (Å²) in [6.07, 6.45) is 22.2. The maximum atomic E-state index is 11.4. The van der Waals surface area contributed by atoms with Crippen LogP contribution in [0.4, 0.5) is 0 Å². The van der Waals surface area contributed by atoms with Crippen LogP contribution < -0.4 is 5.32 Å². The van der Waals surface area contributed by atoms with Crippen LogP contribution in [0.1, 0.15) is 123 Å². The van der Waals surface area contributed by atoms with Crippen molar-refractivity contribution >= 4 is 5.91 Å². The van der Waals surface area contributed by atoms with E-state index in [9.17, 15) is 4.79 Å².